The maximum Gasteiger partial charge on any atom is 0.268 e. The van der Waals surface area contributed by atoms with Crippen LogP contribution in [0.5, 0.6) is 0 Å². The van der Waals surface area contributed by atoms with Gasteiger partial charge in [-0.1, -0.05) is 20.3 Å². The monoisotopic (exact) mass is 239 g/mol. The molecule has 0 aliphatic heterocycles. The van der Waals surface area contributed by atoms with Gasteiger partial charge in [0.05, 0.1) is 12.1 Å². The molecular formula is C12H21N3O2. The van der Waals surface area contributed by atoms with Gasteiger partial charge in [0.1, 0.15) is 12.0 Å². The Morgan fingerprint density at radius 2 is 2.35 bits per heavy atom. The Morgan fingerprint density at radius 3 is 2.94 bits per heavy atom. The molecule has 1 aromatic rings. The average Bonchev–Trinajstić information content (AvgIpc) is 2.76. The molecular weight excluding hydrogens is 218 g/mol. The minimum Gasteiger partial charge on any atom is -0.467 e. The number of hydrogen-bond acceptors (Lipinski definition) is 4. The number of amides is 1. The van der Waals surface area contributed by atoms with Crippen LogP contribution < -0.4 is 11.3 Å². The molecule has 5 nitrogen and oxygen atoms in total. The van der Waals surface area contributed by atoms with Crippen molar-refractivity contribution in [3.8, 4) is 0 Å². The van der Waals surface area contributed by atoms with E-state index in [-0.39, 0.29) is 5.91 Å². The summed E-state index contributed by atoms with van der Waals surface area (Å²) in [5.74, 6) is 6.14. The van der Waals surface area contributed by atoms with Crippen LogP contribution in [0.2, 0.25) is 0 Å². The molecule has 1 amide bonds. The van der Waals surface area contributed by atoms with E-state index in [1.54, 1.807) is 6.07 Å². The van der Waals surface area contributed by atoms with Gasteiger partial charge in [0, 0.05) is 6.54 Å². The van der Waals surface area contributed by atoms with Gasteiger partial charge in [0.15, 0.2) is 0 Å². The number of nitrogen functional groups attached to an aromatic ring is 1. The molecule has 1 unspecified atom stereocenters. The van der Waals surface area contributed by atoms with E-state index in [9.17, 15) is 4.79 Å². The molecule has 0 saturated carbocycles. The van der Waals surface area contributed by atoms with Crippen LogP contribution in [0.3, 0.4) is 0 Å². The number of furan rings is 1. The molecule has 1 heterocycles. The fraction of sp³-hybridized carbons (Fsp3) is 0.583. The van der Waals surface area contributed by atoms with Crippen LogP contribution in [0, 0.1) is 5.92 Å². The summed E-state index contributed by atoms with van der Waals surface area (Å²) in [6, 6.07) is 1.72. The molecule has 1 aromatic heterocycles. The maximum absolute atomic E-state index is 11.2. The van der Waals surface area contributed by atoms with Gasteiger partial charge in [0.25, 0.3) is 5.91 Å². The van der Waals surface area contributed by atoms with E-state index in [0.717, 1.165) is 18.7 Å². The Kier molecular flexibility index (Phi) is 5.18. The molecule has 0 saturated heterocycles. The molecule has 0 fully saturated rings. The van der Waals surface area contributed by atoms with Crippen LogP contribution in [0.25, 0.3) is 0 Å². The third-order valence-corrected chi connectivity index (χ3v) is 2.79. The highest BCUT2D eigenvalue weighted by molar-refractivity contribution is 5.93. The Hall–Kier alpha value is -1.33. The molecule has 96 valence electrons. The van der Waals surface area contributed by atoms with E-state index in [1.807, 2.05) is 7.05 Å². The topological polar surface area (TPSA) is 71.5 Å². The summed E-state index contributed by atoms with van der Waals surface area (Å²) in [7, 11) is 2.04. The Balaban J connectivity index is 2.51. The third kappa shape index (κ3) is 4.20. The smallest absolute Gasteiger partial charge is 0.268 e. The van der Waals surface area contributed by atoms with E-state index in [0.29, 0.717) is 18.0 Å². The molecule has 3 N–H and O–H groups in total. The zero-order valence-electron chi connectivity index (χ0n) is 10.7. The van der Waals surface area contributed by atoms with Gasteiger partial charge in [0.2, 0.25) is 0 Å². The third-order valence-electron chi connectivity index (χ3n) is 2.79. The zero-order chi connectivity index (χ0) is 12.8. The normalized spacial score (nSPS) is 12.8. The maximum atomic E-state index is 11.2. The van der Waals surface area contributed by atoms with Crippen LogP contribution in [0.1, 0.15) is 36.4 Å². The van der Waals surface area contributed by atoms with E-state index < -0.39 is 0 Å². The highest BCUT2D eigenvalue weighted by atomic mass is 16.3. The highest BCUT2D eigenvalue weighted by Gasteiger charge is 2.11. The van der Waals surface area contributed by atoms with Gasteiger partial charge >= 0.3 is 0 Å². The molecule has 0 aliphatic carbocycles. The first kappa shape index (κ1) is 13.7. The minimum absolute atomic E-state index is 0.329. The first-order valence-corrected chi connectivity index (χ1v) is 5.83. The van der Waals surface area contributed by atoms with E-state index in [1.165, 1.54) is 6.26 Å². The number of nitrogens with one attached hydrogen (secondary N) is 1. The van der Waals surface area contributed by atoms with Crippen molar-refractivity contribution < 1.29 is 9.21 Å². The molecule has 17 heavy (non-hydrogen) atoms. The first-order chi connectivity index (χ1) is 8.06. The molecule has 0 aromatic carbocycles. The summed E-state index contributed by atoms with van der Waals surface area (Å²) >= 11 is 0. The zero-order valence-corrected chi connectivity index (χ0v) is 10.7. The number of rotatable bonds is 6. The van der Waals surface area contributed by atoms with Crippen LogP contribution in [0.4, 0.5) is 0 Å². The largest absolute Gasteiger partial charge is 0.467 e. The second-order valence-electron chi connectivity index (χ2n) is 4.49. The van der Waals surface area contributed by atoms with Crippen LogP contribution in [0.15, 0.2) is 16.7 Å². The lowest BCUT2D eigenvalue weighted by Gasteiger charge is -2.18. The molecule has 1 rings (SSSR count). The van der Waals surface area contributed by atoms with E-state index in [4.69, 9.17) is 10.3 Å². The second-order valence-corrected chi connectivity index (χ2v) is 4.49. The number of hydrogen-bond donors (Lipinski definition) is 2. The lowest BCUT2D eigenvalue weighted by molar-refractivity contribution is 0.0953. The van der Waals surface area contributed by atoms with Crippen molar-refractivity contribution in [3.05, 3.63) is 23.7 Å². The fourth-order valence-corrected chi connectivity index (χ4v) is 1.66. The number of nitrogens with two attached hydrogens (primary N) is 1. The van der Waals surface area contributed by atoms with Crippen molar-refractivity contribution in [2.75, 3.05) is 13.6 Å². The number of nitrogens with zero attached hydrogens (tertiary/aromatic N) is 1. The molecule has 1 atom stereocenters. The summed E-state index contributed by atoms with van der Waals surface area (Å²) in [6.07, 6.45) is 2.58. The highest BCUT2D eigenvalue weighted by Crippen LogP contribution is 2.11. The summed E-state index contributed by atoms with van der Waals surface area (Å²) in [5.41, 5.74) is 2.53. The van der Waals surface area contributed by atoms with Gasteiger partial charge in [-0.05, 0) is 19.0 Å². The average molecular weight is 239 g/mol. The summed E-state index contributed by atoms with van der Waals surface area (Å²) in [6.45, 7) is 6.10. The standard InChI is InChI=1S/C12H21N3O2/c1-4-9(2)6-15(3)7-11-5-10(8-17-11)12(16)14-13/h5,8-9H,4,6-7,13H2,1-3H3,(H,14,16). The molecule has 0 spiro atoms. The van der Waals surface area contributed by atoms with E-state index >= 15 is 0 Å². The lowest BCUT2D eigenvalue weighted by Crippen LogP contribution is -2.29. The van der Waals surface area contributed by atoms with Crippen molar-refractivity contribution in [2.24, 2.45) is 11.8 Å². The van der Waals surface area contributed by atoms with Crippen LogP contribution in [-0.4, -0.2) is 24.4 Å². The number of carbonyl (C=O) groups is 1. The Labute approximate surface area is 102 Å². The van der Waals surface area contributed by atoms with Gasteiger partial charge in [-0.2, -0.15) is 0 Å². The minimum atomic E-state index is -0.329. The predicted molar refractivity (Wildman–Crippen MR) is 66.2 cm³/mol. The summed E-state index contributed by atoms with van der Waals surface area (Å²) in [5, 5.41) is 0. The van der Waals surface area contributed by atoms with Gasteiger partial charge < -0.3 is 4.42 Å². The van der Waals surface area contributed by atoms with Gasteiger partial charge in [-0.25, -0.2) is 5.84 Å². The van der Waals surface area contributed by atoms with Crippen LogP contribution in [-0.2, 0) is 6.54 Å². The van der Waals surface area contributed by atoms with Crippen molar-refractivity contribution in [3.63, 3.8) is 0 Å². The van der Waals surface area contributed by atoms with Crippen molar-refractivity contribution >= 4 is 5.91 Å². The number of carbonyl (C=O) groups excluding carboxylic acids is 1. The Morgan fingerprint density at radius 1 is 1.65 bits per heavy atom. The second kappa shape index (κ2) is 6.42. The van der Waals surface area contributed by atoms with Crippen molar-refractivity contribution in [1.82, 2.24) is 10.3 Å². The van der Waals surface area contributed by atoms with E-state index in [2.05, 4.69) is 24.2 Å². The fourth-order valence-electron chi connectivity index (χ4n) is 1.66. The lowest BCUT2D eigenvalue weighted by atomic mass is 10.1. The van der Waals surface area contributed by atoms with Crippen molar-refractivity contribution in [1.29, 1.82) is 0 Å². The quantitative estimate of drug-likeness (QED) is 0.447. The molecule has 0 bridgehead atoms. The molecule has 5 heteroatoms. The van der Waals surface area contributed by atoms with Gasteiger partial charge in [-0.3, -0.25) is 15.1 Å². The SMILES string of the molecule is CCC(C)CN(C)Cc1cc(C(=O)NN)co1. The predicted octanol–water partition coefficient (Wildman–Crippen LogP) is 1.36. The molecule has 0 radical (unpaired) electrons. The van der Waals surface area contributed by atoms with Gasteiger partial charge in [-0.15, -0.1) is 0 Å². The summed E-state index contributed by atoms with van der Waals surface area (Å²) in [4.78, 5) is 13.4. The van der Waals surface area contributed by atoms with Crippen LogP contribution >= 0.6 is 0 Å². The summed E-state index contributed by atoms with van der Waals surface area (Å²) < 4.78 is 5.32. The van der Waals surface area contributed by atoms with Crippen molar-refractivity contribution in [2.45, 2.75) is 26.8 Å². The molecule has 0 aliphatic rings. The number of hydrazine groups is 1. The first-order valence-electron chi connectivity index (χ1n) is 5.83. The Bertz CT molecular complexity index is 362.